The average Bonchev–Trinajstić information content (AvgIpc) is 2.98. The molecule has 0 bridgehead atoms. The van der Waals surface area contributed by atoms with Crippen molar-refractivity contribution in [2.75, 3.05) is 0 Å². The van der Waals surface area contributed by atoms with Gasteiger partial charge in [-0.2, -0.15) is 0 Å². The smallest absolute Gasteiger partial charge is 0.147 e. The van der Waals surface area contributed by atoms with Crippen LogP contribution in [0.3, 0.4) is 0 Å². The van der Waals surface area contributed by atoms with E-state index in [1.165, 1.54) is 23.1 Å². The van der Waals surface area contributed by atoms with Gasteiger partial charge in [0.05, 0.1) is 0 Å². The third kappa shape index (κ3) is 4.13. The van der Waals surface area contributed by atoms with Crippen molar-refractivity contribution >= 4 is 30.4 Å². The zero-order valence-electron chi connectivity index (χ0n) is 13.2. The number of rotatable bonds is 3. The van der Waals surface area contributed by atoms with Crippen LogP contribution in [0, 0.1) is 5.92 Å². The van der Waals surface area contributed by atoms with Gasteiger partial charge in [-0.05, 0) is 0 Å². The molecule has 0 saturated heterocycles. The van der Waals surface area contributed by atoms with Crippen LogP contribution in [0.25, 0.3) is 5.57 Å². The van der Waals surface area contributed by atoms with Crippen molar-refractivity contribution in [3.63, 3.8) is 0 Å². The average molecular weight is 413 g/mol. The summed E-state index contributed by atoms with van der Waals surface area (Å²) in [5.74, 6) is 0.638. The molecule has 0 spiro atoms. The molecule has 0 fully saturated rings. The number of hydrogen-bond donors (Lipinski definition) is 0. The monoisotopic (exact) mass is 410 g/mol. The Kier molecular flexibility index (Phi) is 7.59. The molecule has 3 heteroatoms. The molecule has 0 amide bonds. The van der Waals surface area contributed by atoms with Crippen molar-refractivity contribution in [3.05, 3.63) is 71.8 Å². The third-order valence-electron chi connectivity index (χ3n) is 4.11. The summed E-state index contributed by atoms with van der Waals surface area (Å²) in [5.41, 5.74) is 5.86. The Bertz CT molecular complexity index is 651. The molecule has 1 unspecified atom stereocenters. The second-order valence-electron chi connectivity index (χ2n) is 5.72. The number of allylic oxidation sites excluding steroid dienone is 8. The molecule has 0 aliphatic heterocycles. The molecule has 0 aromatic heterocycles. The van der Waals surface area contributed by atoms with Gasteiger partial charge in [-0.3, -0.25) is 0 Å². The van der Waals surface area contributed by atoms with E-state index in [9.17, 15) is 0 Å². The maximum absolute atomic E-state index is 2.47. The minimum atomic E-state index is -0.575. The summed E-state index contributed by atoms with van der Waals surface area (Å²) in [7, 11) is 0. The largest absolute Gasteiger partial charge is 0.147 e. The minimum absolute atomic E-state index is 0. The van der Waals surface area contributed by atoms with Gasteiger partial charge in [-0.1, -0.05) is 0 Å². The Morgan fingerprint density at radius 2 is 1.73 bits per heavy atom. The van der Waals surface area contributed by atoms with Crippen LogP contribution in [0.2, 0.25) is 0 Å². The number of benzene rings is 1. The molecule has 116 valence electrons. The fourth-order valence-electron chi connectivity index (χ4n) is 3.01. The van der Waals surface area contributed by atoms with Crippen molar-refractivity contribution in [1.29, 1.82) is 0 Å². The van der Waals surface area contributed by atoms with Crippen LogP contribution in [0.15, 0.2) is 66.3 Å². The molecular formula is C19H22Cl2Zr. The SMILES string of the molecule is CC1=CC[C]([Zr][C]2=C(C)C(c3ccccc3)=CC2C)=C1.Cl.Cl. The summed E-state index contributed by atoms with van der Waals surface area (Å²) in [6, 6.07) is 10.8. The molecule has 0 saturated carbocycles. The molecule has 22 heavy (non-hydrogen) atoms. The van der Waals surface area contributed by atoms with Gasteiger partial charge < -0.3 is 0 Å². The minimum Gasteiger partial charge on any atom is -0.147 e. The van der Waals surface area contributed by atoms with Crippen molar-refractivity contribution < 1.29 is 23.2 Å². The normalized spacial score (nSPS) is 19.8. The van der Waals surface area contributed by atoms with E-state index >= 15 is 0 Å². The van der Waals surface area contributed by atoms with Crippen LogP contribution in [-0.4, -0.2) is 0 Å². The fraction of sp³-hybridized carbons (Fsp3) is 0.263. The van der Waals surface area contributed by atoms with Gasteiger partial charge in [-0.15, -0.1) is 24.8 Å². The first-order valence-corrected chi connectivity index (χ1v) is 9.73. The van der Waals surface area contributed by atoms with Crippen molar-refractivity contribution in [2.24, 2.45) is 5.92 Å². The Hall–Kier alpha value is -0.357. The van der Waals surface area contributed by atoms with Crippen LogP contribution in [0.1, 0.15) is 32.8 Å². The topological polar surface area (TPSA) is 0 Å². The predicted octanol–water partition coefficient (Wildman–Crippen LogP) is 6.15. The van der Waals surface area contributed by atoms with Crippen LogP contribution >= 0.6 is 24.8 Å². The van der Waals surface area contributed by atoms with Crippen LogP contribution in [0.5, 0.6) is 0 Å². The van der Waals surface area contributed by atoms with Gasteiger partial charge in [0.2, 0.25) is 0 Å². The van der Waals surface area contributed by atoms with E-state index in [0.717, 1.165) is 0 Å². The van der Waals surface area contributed by atoms with Gasteiger partial charge in [0.25, 0.3) is 0 Å². The molecule has 0 heterocycles. The summed E-state index contributed by atoms with van der Waals surface area (Å²) in [4.78, 5) is 0. The predicted molar refractivity (Wildman–Crippen MR) is 97.2 cm³/mol. The van der Waals surface area contributed by atoms with E-state index in [4.69, 9.17) is 0 Å². The van der Waals surface area contributed by atoms with E-state index in [0.29, 0.717) is 5.92 Å². The molecule has 2 aliphatic carbocycles. The molecule has 0 radical (unpaired) electrons. The standard InChI is InChI=1S/C13H13.C6H7.2ClH.Zr/c1-10-8-11(2)13(9-10)12-6-4-3-5-7-12;1-6-4-2-3-5-6;;;/h3-7,9-10H,1-2H3;4-5H,2H2,1H3;2*1H;. The zero-order valence-corrected chi connectivity index (χ0v) is 17.3. The molecule has 1 atom stereocenters. The van der Waals surface area contributed by atoms with Gasteiger partial charge in [0.15, 0.2) is 0 Å². The quantitative estimate of drug-likeness (QED) is 0.558. The van der Waals surface area contributed by atoms with E-state index in [1.807, 2.05) is 0 Å². The first-order chi connectivity index (χ1) is 9.65. The maximum atomic E-state index is 2.47. The summed E-state index contributed by atoms with van der Waals surface area (Å²) in [5, 5.41) is 0. The van der Waals surface area contributed by atoms with E-state index in [-0.39, 0.29) is 24.8 Å². The summed E-state index contributed by atoms with van der Waals surface area (Å²) < 4.78 is 3.50. The van der Waals surface area contributed by atoms with E-state index < -0.39 is 23.2 Å². The molecule has 2 aliphatic rings. The van der Waals surface area contributed by atoms with Crippen molar-refractivity contribution in [1.82, 2.24) is 0 Å². The van der Waals surface area contributed by atoms with E-state index in [1.54, 1.807) is 12.1 Å². The molecule has 0 N–H and O–H groups in total. The zero-order chi connectivity index (χ0) is 14.1. The first kappa shape index (κ1) is 19.7. The Morgan fingerprint density at radius 3 is 2.32 bits per heavy atom. The second-order valence-corrected chi connectivity index (χ2v) is 9.24. The van der Waals surface area contributed by atoms with Crippen LogP contribution in [0.4, 0.5) is 0 Å². The number of halogens is 2. The third-order valence-corrected chi connectivity index (χ3v) is 8.45. The second kappa shape index (κ2) is 8.48. The van der Waals surface area contributed by atoms with Gasteiger partial charge in [0.1, 0.15) is 0 Å². The van der Waals surface area contributed by atoms with Gasteiger partial charge in [-0.25, -0.2) is 0 Å². The maximum Gasteiger partial charge on any atom is -0.147 e. The van der Waals surface area contributed by atoms with Gasteiger partial charge >= 0.3 is 134 Å². The van der Waals surface area contributed by atoms with Crippen molar-refractivity contribution in [3.8, 4) is 0 Å². The molecule has 1 aromatic carbocycles. The fourth-order valence-corrected chi connectivity index (χ4v) is 6.65. The Labute approximate surface area is 157 Å². The van der Waals surface area contributed by atoms with Crippen LogP contribution < -0.4 is 0 Å². The summed E-state index contributed by atoms with van der Waals surface area (Å²) in [6.45, 7) is 6.92. The molecular weight excluding hydrogens is 390 g/mol. The molecule has 1 aromatic rings. The summed E-state index contributed by atoms with van der Waals surface area (Å²) in [6.07, 6.45) is 8.48. The van der Waals surface area contributed by atoms with Crippen LogP contribution in [-0.2, 0) is 23.2 Å². The first-order valence-electron chi connectivity index (χ1n) is 7.28. The molecule has 0 nitrogen and oxygen atoms in total. The Morgan fingerprint density at radius 1 is 1.05 bits per heavy atom. The van der Waals surface area contributed by atoms with Crippen molar-refractivity contribution in [2.45, 2.75) is 27.2 Å². The summed E-state index contributed by atoms with van der Waals surface area (Å²) >= 11 is -0.575. The Balaban J connectivity index is 0.00000121. The number of hydrogen-bond acceptors (Lipinski definition) is 0. The van der Waals surface area contributed by atoms with E-state index in [2.05, 4.69) is 69.3 Å². The van der Waals surface area contributed by atoms with Gasteiger partial charge in [0, 0.05) is 0 Å². The molecule has 3 rings (SSSR count).